The summed E-state index contributed by atoms with van der Waals surface area (Å²) in [7, 11) is 1.73. The van der Waals surface area contributed by atoms with Gasteiger partial charge in [-0.15, -0.1) is 24.0 Å². The third kappa shape index (κ3) is 6.55. The van der Waals surface area contributed by atoms with Crippen LogP contribution < -0.4 is 15.5 Å². The molecular formula is C24H32FIN6O. The zero-order valence-corrected chi connectivity index (χ0v) is 21.3. The van der Waals surface area contributed by atoms with E-state index in [1.807, 2.05) is 15.9 Å². The number of guanidine groups is 1. The van der Waals surface area contributed by atoms with Gasteiger partial charge in [-0.2, -0.15) is 0 Å². The Kier molecular flexibility index (Phi) is 9.28. The second-order valence-corrected chi connectivity index (χ2v) is 8.32. The first-order valence-electron chi connectivity index (χ1n) is 11.3. The molecule has 1 unspecified atom stereocenters. The molecule has 0 bridgehead atoms. The minimum Gasteiger partial charge on any atom is -0.356 e. The molecule has 33 heavy (non-hydrogen) atoms. The van der Waals surface area contributed by atoms with E-state index >= 15 is 0 Å². The standard InChI is InChI=1S/C24H31FN6O.HI/c1-26-24(29-20-11-15-31(17-20)23-21(25)8-4-12-27-23)28-13-5-9-22(32)30-14-10-18-6-2-3-7-19(18)16-30;/h2-4,6-8,12,20H,5,9-11,13-17H2,1H3,(H2,26,28,29);1H. The Balaban J connectivity index is 0.00000306. The summed E-state index contributed by atoms with van der Waals surface area (Å²) >= 11 is 0. The Morgan fingerprint density at radius 3 is 2.82 bits per heavy atom. The van der Waals surface area contributed by atoms with Crippen molar-refractivity contribution in [3.63, 3.8) is 0 Å². The highest BCUT2D eigenvalue weighted by Crippen LogP contribution is 2.21. The Hall–Kier alpha value is -2.43. The lowest BCUT2D eigenvalue weighted by Gasteiger charge is -2.29. The number of amides is 1. The zero-order chi connectivity index (χ0) is 22.3. The lowest BCUT2D eigenvalue weighted by atomic mass is 9.99. The largest absolute Gasteiger partial charge is 0.356 e. The number of benzene rings is 1. The molecule has 0 aliphatic carbocycles. The molecule has 0 saturated carbocycles. The number of hydrogen-bond donors (Lipinski definition) is 2. The number of nitrogens with zero attached hydrogens (tertiary/aromatic N) is 4. The molecule has 1 amide bonds. The third-order valence-electron chi connectivity index (χ3n) is 6.13. The Morgan fingerprint density at radius 2 is 2.03 bits per heavy atom. The molecule has 4 rings (SSSR count). The third-order valence-corrected chi connectivity index (χ3v) is 6.13. The van der Waals surface area contributed by atoms with Crippen molar-refractivity contribution in [3.8, 4) is 0 Å². The quantitative estimate of drug-likeness (QED) is 0.244. The predicted molar refractivity (Wildman–Crippen MR) is 140 cm³/mol. The molecule has 3 heterocycles. The Morgan fingerprint density at radius 1 is 1.21 bits per heavy atom. The van der Waals surface area contributed by atoms with Crippen LogP contribution in [0.1, 0.15) is 30.4 Å². The van der Waals surface area contributed by atoms with Crippen molar-refractivity contribution in [1.29, 1.82) is 0 Å². The molecule has 2 aliphatic heterocycles. The van der Waals surface area contributed by atoms with Gasteiger partial charge in [0.15, 0.2) is 17.6 Å². The summed E-state index contributed by atoms with van der Waals surface area (Å²) in [5.74, 6) is 1.02. The van der Waals surface area contributed by atoms with Crippen LogP contribution in [0.25, 0.3) is 0 Å². The SMILES string of the molecule is CN=C(NCCCC(=O)N1CCc2ccccc2C1)NC1CCN(c2ncccc2F)C1.I. The smallest absolute Gasteiger partial charge is 0.222 e. The van der Waals surface area contributed by atoms with Gasteiger partial charge in [-0.1, -0.05) is 24.3 Å². The molecule has 1 saturated heterocycles. The molecule has 9 heteroatoms. The maximum atomic E-state index is 14.0. The van der Waals surface area contributed by atoms with E-state index in [9.17, 15) is 9.18 Å². The maximum absolute atomic E-state index is 14.0. The van der Waals surface area contributed by atoms with E-state index in [1.54, 1.807) is 19.3 Å². The van der Waals surface area contributed by atoms with Crippen LogP contribution in [0.5, 0.6) is 0 Å². The molecule has 1 aromatic heterocycles. The lowest BCUT2D eigenvalue weighted by molar-refractivity contribution is -0.132. The van der Waals surface area contributed by atoms with Crippen molar-refractivity contribution in [2.45, 2.75) is 38.3 Å². The van der Waals surface area contributed by atoms with Gasteiger partial charge in [-0.3, -0.25) is 9.79 Å². The monoisotopic (exact) mass is 566 g/mol. The van der Waals surface area contributed by atoms with Gasteiger partial charge in [-0.25, -0.2) is 9.37 Å². The molecule has 2 aliphatic rings. The molecular weight excluding hydrogens is 534 g/mol. The number of pyridine rings is 1. The number of aromatic nitrogens is 1. The van der Waals surface area contributed by atoms with Gasteiger partial charge in [0, 0.05) is 58.4 Å². The van der Waals surface area contributed by atoms with Gasteiger partial charge >= 0.3 is 0 Å². The topological polar surface area (TPSA) is 72.9 Å². The molecule has 2 N–H and O–H groups in total. The average Bonchev–Trinajstić information content (AvgIpc) is 3.29. The molecule has 7 nitrogen and oxygen atoms in total. The summed E-state index contributed by atoms with van der Waals surface area (Å²) < 4.78 is 14.0. The van der Waals surface area contributed by atoms with Crippen molar-refractivity contribution in [2.75, 3.05) is 38.1 Å². The fraction of sp³-hybridized carbons (Fsp3) is 0.458. The summed E-state index contributed by atoms with van der Waals surface area (Å²) in [4.78, 5) is 25.0. The Bertz CT molecular complexity index is 971. The summed E-state index contributed by atoms with van der Waals surface area (Å²) in [6, 6.07) is 11.6. The fourth-order valence-corrected chi connectivity index (χ4v) is 4.38. The van der Waals surface area contributed by atoms with E-state index in [1.165, 1.54) is 17.2 Å². The second kappa shape index (κ2) is 12.2. The van der Waals surface area contributed by atoms with Crippen LogP contribution in [0.2, 0.25) is 0 Å². The van der Waals surface area contributed by atoms with Crippen LogP contribution in [0.4, 0.5) is 10.2 Å². The summed E-state index contributed by atoms with van der Waals surface area (Å²) in [5.41, 5.74) is 2.61. The summed E-state index contributed by atoms with van der Waals surface area (Å²) in [5, 5.41) is 6.70. The first kappa shape index (κ1) is 25.2. The number of fused-ring (bicyclic) bond motifs is 1. The van der Waals surface area contributed by atoms with Crippen molar-refractivity contribution < 1.29 is 9.18 Å². The van der Waals surface area contributed by atoms with Crippen LogP contribution in [-0.4, -0.2) is 61.0 Å². The molecule has 1 fully saturated rings. The van der Waals surface area contributed by atoms with Gasteiger partial charge in [0.25, 0.3) is 0 Å². The van der Waals surface area contributed by atoms with Crippen molar-refractivity contribution in [3.05, 3.63) is 59.5 Å². The van der Waals surface area contributed by atoms with Crippen molar-refractivity contribution in [1.82, 2.24) is 20.5 Å². The highest BCUT2D eigenvalue weighted by molar-refractivity contribution is 14.0. The molecule has 178 valence electrons. The van der Waals surface area contributed by atoms with Crippen LogP contribution in [0, 0.1) is 5.82 Å². The normalized spacial score (nSPS) is 17.9. The Labute approximate surface area is 211 Å². The van der Waals surface area contributed by atoms with Gasteiger partial charge in [0.2, 0.25) is 5.91 Å². The van der Waals surface area contributed by atoms with E-state index in [4.69, 9.17) is 0 Å². The minimum atomic E-state index is -0.294. The van der Waals surface area contributed by atoms with E-state index in [-0.39, 0.29) is 41.7 Å². The number of nitrogens with one attached hydrogen (secondary N) is 2. The van der Waals surface area contributed by atoms with Crippen LogP contribution in [0.3, 0.4) is 0 Å². The second-order valence-electron chi connectivity index (χ2n) is 8.32. The summed E-state index contributed by atoms with van der Waals surface area (Å²) in [6.45, 7) is 3.59. The maximum Gasteiger partial charge on any atom is 0.222 e. The first-order valence-corrected chi connectivity index (χ1v) is 11.3. The van der Waals surface area contributed by atoms with Gasteiger partial charge < -0.3 is 20.4 Å². The van der Waals surface area contributed by atoms with E-state index < -0.39 is 0 Å². The number of hydrogen-bond acceptors (Lipinski definition) is 4. The summed E-state index contributed by atoms with van der Waals surface area (Å²) in [6.07, 6.45) is 4.68. The van der Waals surface area contributed by atoms with Crippen LogP contribution in [-0.2, 0) is 17.8 Å². The average molecular weight is 566 g/mol. The van der Waals surface area contributed by atoms with Crippen molar-refractivity contribution >= 4 is 41.7 Å². The number of carbonyl (C=O) groups excluding carboxylic acids is 1. The van der Waals surface area contributed by atoms with Crippen molar-refractivity contribution in [2.24, 2.45) is 4.99 Å². The van der Waals surface area contributed by atoms with E-state index in [0.29, 0.717) is 37.8 Å². The lowest BCUT2D eigenvalue weighted by Crippen LogP contribution is -2.45. The minimum absolute atomic E-state index is 0. The zero-order valence-electron chi connectivity index (χ0n) is 19.0. The number of rotatable bonds is 6. The van der Waals surface area contributed by atoms with Gasteiger partial charge in [-0.05, 0) is 42.5 Å². The van der Waals surface area contributed by atoms with E-state index in [2.05, 4.69) is 38.8 Å². The number of carbonyl (C=O) groups is 1. The number of anilines is 1. The molecule has 0 radical (unpaired) electrons. The molecule has 1 aromatic carbocycles. The predicted octanol–water partition coefficient (Wildman–Crippen LogP) is 2.95. The highest BCUT2D eigenvalue weighted by Gasteiger charge is 2.26. The first-order chi connectivity index (χ1) is 15.6. The van der Waals surface area contributed by atoms with Gasteiger partial charge in [0.05, 0.1) is 0 Å². The van der Waals surface area contributed by atoms with Crippen LogP contribution >= 0.6 is 24.0 Å². The number of halogens is 2. The van der Waals surface area contributed by atoms with Crippen LogP contribution in [0.15, 0.2) is 47.6 Å². The molecule has 0 spiro atoms. The fourth-order valence-electron chi connectivity index (χ4n) is 4.38. The molecule has 1 atom stereocenters. The molecule has 2 aromatic rings. The van der Waals surface area contributed by atoms with E-state index in [0.717, 1.165) is 32.4 Å². The number of aliphatic imine (C=N–C) groups is 1. The highest BCUT2D eigenvalue weighted by atomic mass is 127. The van der Waals surface area contributed by atoms with Gasteiger partial charge in [0.1, 0.15) is 0 Å².